The fourth-order valence-electron chi connectivity index (χ4n) is 3.14. The molecule has 0 bridgehead atoms. The number of aryl methyl sites for hydroxylation is 1. The van der Waals surface area contributed by atoms with Crippen LogP contribution in [0.5, 0.6) is 0 Å². The minimum Gasteiger partial charge on any atom is -0.465 e. The number of carbonyl (C=O) groups excluding carboxylic acids is 2. The molecule has 0 aliphatic rings. The van der Waals surface area contributed by atoms with Crippen molar-refractivity contribution in [1.82, 2.24) is 9.55 Å². The first-order chi connectivity index (χ1) is 15.3. The number of nitrogens with one attached hydrogen (secondary N) is 1. The summed E-state index contributed by atoms with van der Waals surface area (Å²) in [7, 11) is 1.30. The second-order valence-corrected chi connectivity index (χ2v) is 8.85. The number of methoxy groups -OCH3 is 1. The molecule has 0 radical (unpaired) electrons. The van der Waals surface area contributed by atoms with Gasteiger partial charge in [0.15, 0.2) is 5.16 Å². The van der Waals surface area contributed by atoms with Crippen molar-refractivity contribution in [3.05, 3.63) is 63.9 Å². The number of ether oxygens (including phenoxy) is 1. The van der Waals surface area contributed by atoms with Crippen molar-refractivity contribution in [2.24, 2.45) is 0 Å². The standard InChI is InChI=1S/C24H27N3O4S/c1-5-6-13-27-22(29)19-12-9-17(23(30)31-4)14-20(19)26-24(27)32-16(3)21(28)25-18-10-7-15(2)8-11-18/h7-12,14,16H,5-6,13H2,1-4H3,(H,25,28)/t16-/m1/s1. The number of aromatic nitrogens is 2. The van der Waals surface area contributed by atoms with Crippen molar-refractivity contribution in [1.29, 1.82) is 0 Å². The van der Waals surface area contributed by atoms with Crippen LogP contribution in [0.1, 0.15) is 42.6 Å². The second-order valence-electron chi connectivity index (χ2n) is 7.54. The van der Waals surface area contributed by atoms with Crippen molar-refractivity contribution >= 4 is 40.2 Å². The maximum atomic E-state index is 13.2. The van der Waals surface area contributed by atoms with E-state index in [0.29, 0.717) is 33.9 Å². The molecule has 0 spiro atoms. The topological polar surface area (TPSA) is 90.3 Å². The van der Waals surface area contributed by atoms with Gasteiger partial charge in [-0.1, -0.05) is 42.8 Å². The predicted octanol–water partition coefficient (Wildman–Crippen LogP) is 4.41. The Balaban J connectivity index is 1.94. The predicted molar refractivity (Wildman–Crippen MR) is 127 cm³/mol. The Bertz CT molecular complexity index is 1190. The number of hydrogen-bond donors (Lipinski definition) is 1. The van der Waals surface area contributed by atoms with Gasteiger partial charge in [-0.2, -0.15) is 0 Å². The van der Waals surface area contributed by atoms with E-state index >= 15 is 0 Å². The molecule has 0 aliphatic heterocycles. The fourth-order valence-corrected chi connectivity index (χ4v) is 4.08. The zero-order valence-corrected chi connectivity index (χ0v) is 19.5. The third kappa shape index (κ3) is 5.37. The lowest BCUT2D eigenvalue weighted by molar-refractivity contribution is -0.115. The van der Waals surface area contributed by atoms with Gasteiger partial charge < -0.3 is 10.1 Å². The van der Waals surface area contributed by atoms with Crippen LogP contribution >= 0.6 is 11.8 Å². The average molecular weight is 454 g/mol. The fraction of sp³-hybridized carbons (Fsp3) is 0.333. The highest BCUT2D eigenvalue weighted by Crippen LogP contribution is 2.25. The van der Waals surface area contributed by atoms with Gasteiger partial charge in [0.25, 0.3) is 5.56 Å². The normalized spacial score (nSPS) is 11.9. The summed E-state index contributed by atoms with van der Waals surface area (Å²) in [6.07, 6.45) is 1.73. The van der Waals surface area contributed by atoms with Crippen molar-refractivity contribution in [3.63, 3.8) is 0 Å². The summed E-state index contributed by atoms with van der Waals surface area (Å²) >= 11 is 1.22. The van der Waals surface area contributed by atoms with E-state index in [0.717, 1.165) is 18.4 Å². The molecule has 8 heteroatoms. The number of amides is 1. The first-order valence-electron chi connectivity index (χ1n) is 10.5. The third-order valence-corrected chi connectivity index (χ3v) is 6.14. The van der Waals surface area contributed by atoms with E-state index in [4.69, 9.17) is 4.74 Å². The Kier molecular flexibility index (Phi) is 7.69. The van der Waals surface area contributed by atoms with Crippen LogP contribution in [0.3, 0.4) is 0 Å². The molecule has 0 fully saturated rings. The maximum absolute atomic E-state index is 13.2. The van der Waals surface area contributed by atoms with Crippen LogP contribution in [0.25, 0.3) is 10.9 Å². The van der Waals surface area contributed by atoms with Gasteiger partial charge in [0.2, 0.25) is 5.91 Å². The lowest BCUT2D eigenvalue weighted by atomic mass is 10.1. The molecule has 3 aromatic rings. The molecule has 168 valence electrons. The lowest BCUT2D eigenvalue weighted by Gasteiger charge is -2.16. The number of hydrogen-bond acceptors (Lipinski definition) is 6. The molecule has 1 N–H and O–H groups in total. The molecule has 1 heterocycles. The Morgan fingerprint density at radius 2 is 1.91 bits per heavy atom. The van der Waals surface area contributed by atoms with Gasteiger partial charge in [0.1, 0.15) is 0 Å². The number of unbranched alkanes of at least 4 members (excludes halogenated alkanes) is 1. The molecular weight excluding hydrogens is 426 g/mol. The Labute approximate surface area is 191 Å². The van der Waals surface area contributed by atoms with Crippen LogP contribution in [0, 0.1) is 6.92 Å². The maximum Gasteiger partial charge on any atom is 0.337 e. The molecule has 1 amide bonds. The molecule has 7 nitrogen and oxygen atoms in total. The van der Waals surface area contributed by atoms with Gasteiger partial charge in [-0.05, 0) is 50.6 Å². The Morgan fingerprint density at radius 1 is 1.19 bits per heavy atom. The average Bonchev–Trinajstić information content (AvgIpc) is 2.79. The van der Waals surface area contributed by atoms with E-state index in [1.54, 1.807) is 29.7 Å². The molecule has 2 aromatic carbocycles. The van der Waals surface area contributed by atoms with Gasteiger partial charge >= 0.3 is 5.97 Å². The zero-order valence-electron chi connectivity index (χ0n) is 18.7. The van der Waals surface area contributed by atoms with Crippen molar-refractivity contribution in [3.8, 4) is 0 Å². The molecule has 0 saturated carbocycles. The summed E-state index contributed by atoms with van der Waals surface area (Å²) in [6, 6.07) is 12.3. The van der Waals surface area contributed by atoms with Gasteiger partial charge in [0, 0.05) is 12.2 Å². The monoisotopic (exact) mass is 453 g/mol. The molecule has 0 aliphatic carbocycles. The van der Waals surface area contributed by atoms with Gasteiger partial charge in [-0.3, -0.25) is 14.2 Å². The number of fused-ring (bicyclic) bond motifs is 1. The minimum absolute atomic E-state index is 0.182. The highest BCUT2D eigenvalue weighted by atomic mass is 32.2. The van der Waals surface area contributed by atoms with Gasteiger partial charge in [0.05, 0.1) is 28.8 Å². The van der Waals surface area contributed by atoms with Crippen molar-refractivity contribution in [2.45, 2.75) is 50.6 Å². The van der Waals surface area contributed by atoms with E-state index in [1.807, 2.05) is 38.1 Å². The van der Waals surface area contributed by atoms with Gasteiger partial charge in [-0.25, -0.2) is 9.78 Å². The summed E-state index contributed by atoms with van der Waals surface area (Å²) in [5.74, 6) is -0.678. The van der Waals surface area contributed by atoms with Crippen molar-refractivity contribution < 1.29 is 14.3 Å². The summed E-state index contributed by atoms with van der Waals surface area (Å²) in [5.41, 5.74) is 2.36. The number of benzene rings is 2. The van der Waals surface area contributed by atoms with E-state index in [-0.39, 0.29) is 11.5 Å². The number of thioether (sulfide) groups is 1. The molecule has 32 heavy (non-hydrogen) atoms. The van der Waals surface area contributed by atoms with Crippen LogP contribution < -0.4 is 10.9 Å². The van der Waals surface area contributed by atoms with Crippen molar-refractivity contribution in [2.75, 3.05) is 12.4 Å². The van der Waals surface area contributed by atoms with E-state index in [1.165, 1.54) is 18.9 Å². The van der Waals surface area contributed by atoms with E-state index in [2.05, 4.69) is 10.3 Å². The quantitative estimate of drug-likeness (QED) is 0.309. The number of anilines is 1. The SMILES string of the molecule is CCCCn1c(S[C@H](C)C(=O)Nc2ccc(C)cc2)nc2cc(C(=O)OC)ccc2c1=O. The Hall–Kier alpha value is -3.13. The minimum atomic E-state index is -0.496. The summed E-state index contributed by atoms with van der Waals surface area (Å²) in [6.45, 7) is 6.31. The highest BCUT2D eigenvalue weighted by molar-refractivity contribution is 8.00. The number of carbonyl (C=O) groups is 2. The van der Waals surface area contributed by atoms with E-state index < -0.39 is 11.2 Å². The summed E-state index contributed by atoms with van der Waals surface area (Å²) in [5, 5.41) is 3.28. The zero-order chi connectivity index (χ0) is 23.3. The first kappa shape index (κ1) is 23.5. The van der Waals surface area contributed by atoms with Crippen LogP contribution in [0.15, 0.2) is 52.4 Å². The third-order valence-electron chi connectivity index (χ3n) is 5.05. The molecule has 1 aromatic heterocycles. The van der Waals surface area contributed by atoms with Gasteiger partial charge in [-0.15, -0.1) is 0 Å². The smallest absolute Gasteiger partial charge is 0.337 e. The largest absolute Gasteiger partial charge is 0.465 e. The molecule has 0 saturated heterocycles. The van der Waals surface area contributed by atoms with Crippen LogP contribution in [-0.2, 0) is 16.1 Å². The number of nitrogens with zero attached hydrogens (tertiary/aromatic N) is 2. The molecule has 1 atom stereocenters. The summed E-state index contributed by atoms with van der Waals surface area (Å²) in [4.78, 5) is 42.5. The van der Waals surface area contributed by atoms with Crippen LogP contribution in [0.2, 0.25) is 0 Å². The molecule has 0 unspecified atom stereocenters. The van der Waals surface area contributed by atoms with Crippen LogP contribution in [0.4, 0.5) is 5.69 Å². The summed E-state index contributed by atoms with van der Waals surface area (Å²) < 4.78 is 6.39. The Morgan fingerprint density at radius 3 is 2.56 bits per heavy atom. The molecule has 3 rings (SSSR count). The second kappa shape index (κ2) is 10.5. The first-order valence-corrected chi connectivity index (χ1v) is 11.4. The lowest BCUT2D eigenvalue weighted by Crippen LogP contribution is -2.27. The van der Waals surface area contributed by atoms with E-state index in [9.17, 15) is 14.4 Å². The van der Waals surface area contributed by atoms with Crippen LogP contribution in [-0.4, -0.2) is 33.8 Å². The number of rotatable bonds is 8. The number of esters is 1. The highest BCUT2D eigenvalue weighted by Gasteiger charge is 2.20. The molecular formula is C24H27N3O4S.